The summed E-state index contributed by atoms with van der Waals surface area (Å²) in [6.07, 6.45) is 1.43. The zero-order valence-electron chi connectivity index (χ0n) is 12.4. The van der Waals surface area contributed by atoms with Gasteiger partial charge in [-0.1, -0.05) is 5.21 Å². The SMILES string of the molecule is COC(=O)C(C)(C)Cn1cc(-c2ccc(N)c(F)c2F)nn1. The van der Waals surface area contributed by atoms with Gasteiger partial charge in [0.25, 0.3) is 0 Å². The summed E-state index contributed by atoms with van der Waals surface area (Å²) in [7, 11) is 1.30. The fourth-order valence-electron chi connectivity index (χ4n) is 2.01. The van der Waals surface area contributed by atoms with Crippen LogP contribution in [0.3, 0.4) is 0 Å². The number of carbonyl (C=O) groups excluding carboxylic acids is 1. The van der Waals surface area contributed by atoms with Crippen LogP contribution in [0.5, 0.6) is 0 Å². The first-order valence-electron chi connectivity index (χ1n) is 6.48. The van der Waals surface area contributed by atoms with Gasteiger partial charge in [-0.3, -0.25) is 9.48 Å². The van der Waals surface area contributed by atoms with Crippen molar-refractivity contribution in [3.05, 3.63) is 30.0 Å². The van der Waals surface area contributed by atoms with Crippen molar-refractivity contribution in [3.8, 4) is 11.3 Å². The maximum Gasteiger partial charge on any atom is 0.313 e. The van der Waals surface area contributed by atoms with Gasteiger partial charge in [-0.2, -0.15) is 0 Å². The highest BCUT2D eigenvalue weighted by atomic mass is 19.2. The van der Waals surface area contributed by atoms with E-state index >= 15 is 0 Å². The second-order valence-electron chi connectivity index (χ2n) is 5.51. The van der Waals surface area contributed by atoms with Gasteiger partial charge < -0.3 is 10.5 Å². The molecule has 2 aromatic rings. The lowest BCUT2D eigenvalue weighted by atomic mass is 9.94. The number of nitrogens with zero attached hydrogens (tertiary/aromatic N) is 3. The molecule has 0 fully saturated rings. The Bertz CT molecular complexity index is 713. The van der Waals surface area contributed by atoms with Gasteiger partial charge in [0.2, 0.25) is 0 Å². The smallest absolute Gasteiger partial charge is 0.313 e. The van der Waals surface area contributed by atoms with Crippen LogP contribution >= 0.6 is 0 Å². The maximum absolute atomic E-state index is 13.9. The van der Waals surface area contributed by atoms with Crippen molar-refractivity contribution in [3.63, 3.8) is 0 Å². The van der Waals surface area contributed by atoms with Gasteiger partial charge >= 0.3 is 5.97 Å². The van der Waals surface area contributed by atoms with Gasteiger partial charge in [0.1, 0.15) is 5.69 Å². The van der Waals surface area contributed by atoms with Crippen molar-refractivity contribution in [1.29, 1.82) is 0 Å². The monoisotopic (exact) mass is 310 g/mol. The van der Waals surface area contributed by atoms with E-state index < -0.39 is 23.0 Å². The number of hydrogen-bond acceptors (Lipinski definition) is 5. The van der Waals surface area contributed by atoms with E-state index in [-0.39, 0.29) is 23.5 Å². The van der Waals surface area contributed by atoms with Crippen LogP contribution in [0.4, 0.5) is 14.5 Å². The van der Waals surface area contributed by atoms with Crippen molar-refractivity contribution >= 4 is 11.7 Å². The Kier molecular flexibility index (Phi) is 4.11. The molecule has 1 aromatic carbocycles. The largest absolute Gasteiger partial charge is 0.469 e. The summed E-state index contributed by atoms with van der Waals surface area (Å²) >= 11 is 0. The third kappa shape index (κ3) is 2.90. The second kappa shape index (κ2) is 5.70. The summed E-state index contributed by atoms with van der Waals surface area (Å²) in [4.78, 5) is 11.6. The number of ether oxygens (including phenoxy) is 1. The summed E-state index contributed by atoms with van der Waals surface area (Å²) in [5, 5.41) is 7.63. The van der Waals surface area contributed by atoms with Gasteiger partial charge in [0.15, 0.2) is 11.6 Å². The Morgan fingerprint density at radius 3 is 2.68 bits per heavy atom. The van der Waals surface area contributed by atoms with Crippen molar-refractivity contribution in [2.24, 2.45) is 5.41 Å². The molecule has 22 heavy (non-hydrogen) atoms. The van der Waals surface area contributed by atoms with Crippen LogP contribution in [0.25, 0.3) is 11.3 Å². The van der Waals surface area contributed by atoms with Crippen LogP contribution in [-0.4, -0.2) is 28.1 Å². The quantitative estimate of drug-likeness (QED) is 0.690. The highest BCUT2D eigenvalue weighted by molar-refractivity contribution is 5.75. The van der Waals surface area contributed by atoms with E-state index in [4.69, 9.17) is 10.5 Å². The normalized spacial score (nSPS) is 11.5. The minimum Gasteiger partial charge on any atom is -0.469 e. The highest BCUT2D eigenvalue weighted by Crippen LogP contribution is 2.26. The Labute approximate surface area is 125 Å². The average Bonchev–Trinajstić information content (AvgIpc) is 2.91. The van der Waals surface area contributed by atoms with Gasteiger partial charge in [-0.25, -0.2) is 8.78 Å². The second-order valence-corrected chi connectivity index (χ2v) is 5.51. The number of esters is 1. The van der Waals surface area contributed by atoms with Crippen LogP contribution < -0.4 is 5.73 Å². The number of anilines is 1. The lowest BCUT2D eigenvalue weighted by molar-refractivity contribution is -0.151. The Morgan fingerprint density at radius 2 is 2.05 bits per heavy atom. The summed E-state index contributed by atoms with van der Waals surface area (Å²) in [6.45, 7) is 3.55. The number of halogens is 2. The highest BCUT2D eigenvalue weighted by Gasteiger charge is 2.30. The predicted octanol–water partition coefficient (Wildman–Crippen LogP) is 2.00. The first kappa shape index (κ1) is 15.9. The molecule has 0 bridgehead atoms. The van der Waals surface area contributed by atoms with Gasteiger partial charge in [0.05, 0.1) is 31.0 Å². The number of aromatic nitrogens is 3. The first-order chi connectivity index (χ1) is 10.3. The van der Waals surface area contributed by atoms with E-state index in [2.05, 4.69) is 10.3 Å². The molecular weight excluding hydrogens is 294 g/mol. The third-order valence-corrected chi connectivity index (χ3v) is 3.22. The molecule has 0 radical (unpaired) electrons. The van der Waals surface area contributed by atoms with Gasteiger partial charge in [-0.05, 0) is 26.0 Å². The number of methoxy groups -OCH3 is 1. The topological polar surface area (TPSA) is 83.0 Å². The number of hydrogen-bond donors (Lipinski definition) is 1. The minimum absolute atomic E-state index is 0.0474. The van der Waals surface area contributed by atoms with Crippen molar-refractivity contribution < 1.29 is 18.3 Å². The van der Waals surface area contributed by atoms with E-state index in [1.54, 1.807) is 13.8 Å². The molecule has 2 rings (SSSR count). The molecule has 118 valence electrons. The van der Waals surface area contributed by atoms with E-state index in [1.807, 2.05) is 0 Å². The molecule has 0 saturated heterocycles. The molecule has 2 N–H and O–H groups in total. The number of benzene rings is 1. The number of nitrogen functional groups attached to an aromatic ring is 1. The number of rotatable bonds is 4. The molecule has 0 aliphatic carbocycles. The van der Waals surface area contributed by atoms with Crippen molar-refractivity contribution in [2.75, 3.05) is 12.8 Å². The molecule has 8 heteroatoms. The Balaban J connectivity index is 2.30. The minimum atomic E-state index is -1.12. The van der Waals surface area contributed by atoms with Crippen molar-refractivity contribution in [1.82, 2.24) is 15.0 Å². The first-order valence-corrected chi connectivity index (χ1v) is 6.48. The molecule has 0 atom stereocenters. The molecule has 0 aliphatic rings. The molecule has 0 amide bonds. The van der Waals surface area contributed by atoms with Crippen LogP contribution in [0.1, 0.15) is 13.8 Å². The summed E-state index contributed by atoms with van der Waals surface area (Å²) in [5.41, 5.74) is 4.29. The molecule has 0 aliphatic heterocycles. The van der Waals surface area contributed by atoms with Crippen molar-refractivity contribution in [2.45, 2.75) is 20.4 Å². The zero-order chi connectivity index (χ0) is 16.5. The standard InChI is InChI=1S/C14H16F2N4O2/c1-14(2,13(21)22-3)7-20-6-10(18-19-20)8-4-5-9(17)12(16)11(8)15/h4-6H,7,17H2,1-3H3. The molecule has 1 aromatic heterocycles. The van der Waals surface area contributed by atoms with Gasteiger partial charge in [-0.15, -0.1) is 5.10 Å². The average molecular weight is 310 g/mol. The maximum atomic E-state index is 13.9. The lowest BCUT2D eigenvalue weighted by Gasteiger charge is -2.20. The third-order valence-electron chi connectivity index (χ3n) is 3.22. The Morgan fingerprint density at radius 1 is 1.36 bits per heavy atom. The van der Waals surface area contributed by atoms with Crippen LogP contribution in [0.2, 0.25) is 0 Å². The summed E-state index contributed by atoms with van der Waals surface area (Å²) in [5.74, 6) is -2.62. The lowest BCUT2D eigenvalue weighted by Crippen LogP contribution is -2.30. The van der Waals surface area contributed by atoms with Gasteiger partial charge in [0, 0.05) is 5.56 Å². The fraction of sp³-hybridized carbons (Fsp3) is 0.357. The van der Waals surface area contributed by atoms with E-state index in [9.17, 15) is 13.6 Å². The predicted molar refractivity (Wildman–Crippen MR) is 75.6 cm³/mol. The van der Waals surface area contributed by atoms with E-state index in [0.717, 1.165) is 0 Å². The summed E-state index contributed by atoms with van der Waals surface area (Å²) < 4.78 is 33.4. The zero-order valence-corrected chi connectivity index (χ0v) is 12.4. The van der Waals surface area contributed by atoms with Crippen LogP contribution in [0, 0.1) is 17.0 Å². The van der Waals surface area contributed by atoms with E-state index in [0.29, 0.717) is 0 Å². The molecule has 0 spiro atoms. The Hall–Kier alpha value is -2.51. The molecule has 1 heterocycles. The van der Waals surface area contributed by atoms with E-state index in [1.165, 1.54) is 30.1 Å². The van der Waals surface area contributed by atoms with Crippen LogP contribution in [0.15, 0.2) is 18.3 Å². The molecular formula is C14H16F2N4O2. The summed E-state index contributed by atoms with van der Waals surface area (Å²) in [6, 6.07) is 2.58. The molecule has 6 nitrogen and oxygen atoms in total. The van der Waals surface area contributed by atoms with Crippen LogP contribution in [-0.2, 0) is 16.1 Å². The number of nitrogens with two attached hydrogens (primary N) is 1. The fourth-order valence-corrected chi connectivity index (χ4v) is 2.01. The number of carbonyl (C=O) groups is 1. The molecule has 0 saturated carbocycles. The molecule has 0 unspecified atom stereocenters.